The molecule has 3 rings (SSSR count). The Morgan fingerprint density at radius 2 is 1.90 bits per heavy atom. The number of nitrogens with zero attached hydrogens (tertiary/aromatic N) is 3. The monoisotopic (exact) mass is 441 g/mol. The number of amides is 1. The Morgan fingerprint density at radius 1 is 1.13 bits per heavy atom. The molecular weight excluding hydrogens is 414 g/mol. The molecule has 3 aromatic rings. The number of hydrogen-bond donors (Lipinski definition) is 2. The molecule has 1 atom stereocenters. The molecule has 1 amide bonds. The predicted octanol–water partition coefficient (Wildman–Crippen LogP) is 3.26. The molecule has 1 unspecified atom stereocenters. The highest BCUT2D eigenvalue weighted by Gasteiger charge is 2.18. The molecule has 0 aliphatic rings. The zero-order valence-electron chi connectivity index (χ0n) is 18.3. The van der Waals surface area contributed by atoms with Crippen LogP contribution in [0, 0.1) is 13.8 Å². The van der Waals surface area contributed by atoms with Crippen LogP contribution in [0.15, 0.2) is 41.6 Å². The van der Waals surface area contributed by atoms with E-state index in [2.05, 4.69) is 41.5 Å². The number of ether oxygens (including phenoxy) is 2. The lowest BCUT2D eigenvalue weighted by Gasteiger charge is -2.15. The summed E-state index contributed by atoms with van der Waals surface area (Å²) in [6.07, 6.45) is 0. The van der Waals surface area contributed by atoms with Gasteiger partial charge in [-0.2, -0.15) is 0 Å². The Hall–Kier alpha value is -3.20. The summed E-state index contributed by atoms with van der Waals surface area (Å²) in [6, 6.07) is 11.4. The van der Waals surface area contributed by atoms with E-state index in [0.717, 1.165) is 5.56 Å². The minimum absolute atomic E-state index is 0.0951. The normalized spacial score (nSPS) is 11.8. The van der Waals surface area contributed by atoms with Gasteiger partial charge in [-0.3, -0.25) is 4.79 Å². The number of aromatic nitrogens is 3. The Labute approximate surface area is 186 Å². The number of carbonyl (C=O) groups excluding carboxylic acids is 1. The topological polar surface area (TPSA) is 104 Å². The molecular formula is C22H27N5O3S. The van der Waals surface area contributed by atoms with Gasteiger partial charge in [-0.15, -0.1) is 10.2 Å². The Morgan fingerprint density at radius 3 is 2.58 bits per heavy atom. The minimum atomic E-state index is -0.109. The molecule has 8 nitrogen and oxygen atoms in total. The van der Waals surface area contributed by atoms with Crippen molar-refractivity contribution in [3.05, 3.63) is 53.1 Å². The van der Waals surface area contributed by atoms with Gasteiger partial charge in [-0.05, 0) is 49.6 Å². The van der Waals surface area contributed by atoms with E-state index in [1.165, 1.54) is 27.6 Å². The summed E-state index contributed by atoms with van der Waals surface area (Å²) in [5, 5.41) is 11.7. The van der Waals surface area contributed by atoms with Crippen LogP contribution in [-0.4, -0.2) is 40.8 Å². The number of aryl methyl sites for hydroxylation is 2. The predicted molar refractivity (Wildman–Crippen MR) is 122 cm³/mol. The van der Waals surface area contributed by atoms with Crippen molar-refractivity contribution in [2.24, 2.45) is 0 Å². The highest BCUT2D eigenvalue weighted by Crippen LogP contribution is 2.33. The maximum Gasteiger partial charge on any atom is 0.230 e. The molecule has 0 aliphatic carbocycles. The maximum absolute atomic E-state index is 12.4. The molecule has 0 saturated carbocycles. The first kappa shape index (κ1) is 22.5. The number of nitrogens with two attached hydrogens (primary N) is 1. The van der Waals surface area contributed by atoms with Gasteiger partial charge in [-0.1, -0.05) is 30.0 Å². The number of carbonyl (C=O) groups is 1. The number of hydrogen-bond acceptors (Lipinski definition) is 7. The molecule has 0 saturated heterocycles. The zero-order valence-corrected chi connectivity index (χ0v) is 19.1. The van der Waals surface area contributed by atoms with Crippen LogP contribution < -0.4 is 20.6 Å². The standard InChI is InChI=1S/C22H27N5O3S/c1-13-6-7-16(10-14(13)2)15(3)24-20(28)12-31-22-26-25-21(27(22)23)18-9-8-17(29-4)11-19(18)30-5/h6-11,15H,12,23H2,1-5H3,(H,24,28). The zero-order chi connectivity index (χ0) is 22.5. The second kappa shape index (κ2) is 9.74. The molecule has 2 aromatic carbocycles. The van der Waals surface area contributed by atoms with Crippen LogP contribution in [0.5, 0.6) is 11.5 Å². The number of rotatable bonds is 8. The van der Waals surface area contributed by atoms with E-state index >= 15 is 0 Å². The van der Waals surface area contributed by atoms with Crippen molar-refractivity contribution in [3.8, 4) is 22.9 Å². The Balaban J connectivity index is 1.66. The highest BCUT2D eigenvalue weighted by molar-refractivity contribution is 7.99. The maximum atomic E-state index is 12.4. The van der Waals surface area contributed by atoms with E-state index in [1.807, 2.05) is 13.0 Å². The number of nitrogens with one attached hydrogen (secondary N) is 1. The molecule has 0 aliphatic heterocycles. The van der Waals surface area contributed by atoms with Crippen LogP contribution in [0.3, 0.4) is 0 Å². The van der Waals surface area contributed by atoms with E-state index < -0.39 is 0 Å². The molecule has 0 fully saturated rings. The van der Waals surface area contributed by atoms with Crippen LogP contribution >= 0.6 is 11.8 Å². The quantitative estimate of drug-likeness (QED) is 0.408. The van der Waals surface area contributed by atoms with Gasteiger partial charge >= 0.3 is 0 Å². The smallest absolute Gasteiger partial charge is 0.230 e. The van der Waals surface area contributed by atoms with Gasteiger partial charge in [-0.25, -0.2) is 4.68 Å². The van der Waals surface area contributed by atoms with Crippen LogP contribution in [0.2, 0.25) is 0 Å². The fourth-order valence-corrected chi connectivity index (χ4v) is 3.74. The van der Waals surface area contributed by atoms with Crippen molar-refractivity contribution < 1.29 is 14.3 Å². The second-order valence-electron chi connectivity index (χ2n) is 7.16. The lowest BCUT2D eigenvalue weighted by atomic mass is 10.0. The van der Waals surface area contributed by atoms with E-state index in [4.69, 9.17) is 15.3 Å². The number of nitrogen functional groups attached to an aromatic ring is 1. The number of thioether (sulfide) groups is 1. The third-order valence-corrected chi connectivity index (χ3v) is 6.00. The van der Waals surface area contributed by atoms with Crippen molar-refractivity contribution in [1.82, 2.24) is 20.2 Å². The summed E-state index contributed by atoms with van der Waals surface area (Å²) in [5.41, 5.74) is 4.17. The van der Waals surface area contributed by atoms with E-state index in [-0.39, 0.29) is 17.7 Å². The first-order valence-electron chi connectivity index (χ1n) is 9.76. The SMILES string of the molecule is COc1ccc(-c2nnc(SCC(=O)NC(C)c3ccc(C)c(C)c3)n2N)c(OC)c1. The summed E-state index contributed by atoms with van der Waals surface area (Å²) < 4.78 is 12.0. The third-order valence-electron chi connectivity index (χ3n) is 5.05. The fourth-order valence-electron chi connectivity index (χ4n) is 3.07. The molecule has 31 heavy (non-hydrogen) atoms. The molecule has 1 heterocycles. The van der Waals surface area contributed by atoms with Gasteiger partial charge in [0.1, 0.15) is 11.5 Å². The third kappa shape index (κ3) is 5.11. The van der Waals surface area contributed by atoms with Gasteiger partial charge < -0.3 is 20.6 Å². The van der Waals surface area contributed by atoms with Gasteiger partial charge in [0, 0.05) is 6.07 Å². The van der Waals surface area contributed by atoms with Gasteiger partial charge in [0.15, 0.2) is 5.82 Å². The van der Waals surface area contributed by atoms with E-state index in [1.54, 1.807) is 32.4 Å². The van der Waals surface area contributed by atoms with Gasteiger partial charge in [0.05, 0.1) is 31.6 Å². The molecule has 3 N–H and O–H groups in total. The second-order valence-corrected chi connectivity index (χ2v) is 8.11. The van der Waals surface area contributed by atoms with Crippen LogP contribution in [0.1, 0.15) is 29.7 Å². The molecule has 9 heteroatoms. The van der Waals surface area contributed by atoms with Crippen molar-refractivity contribution in [1.29, 1.82) is 0 Å². The van der Waals surface area contributed by atoms with Crippen molar-refractivity contribution in [2.75, 3.05) is 25.8 Å². The van der Waals surface area contributed by atoms with E-state index in [0.29, 0.717) is 28.0 Å². The van der Waals surface area contributed by atoms with Crippen LogP contribution in [0.4, 0.5) is 0 Å². The number of benzene rings is 2. The van der Waals surface area contributed by atoms with Crippen LogP contribution in [0.25, 0.3) is 11.4 Å². The molecule has 0 bridgehead atoms. The first-order chi connectivity index (χ1) is 14.8. The van der Waals surface area contributed by atoms with Gasteiger partial charge in [0.25, 0.3) is 0 Å². The Bertz CT molecular complexity index is 1080. The number of methoxy groups -OCH3 is 2. The summed E-state index contributed by atoms with van der Waals surface area (Å²) in [7, 11) is 3.15. The molecule has 0 spiro atoms. The summed E-state index contributed by atoms with van der Waals surface area (Å²) in [4.78, 5) is 12.4. The molecule has 0 radical (unpaired) electrons. The summed E-state index contributed by atoms with van der Waals surface area (Å²) in [6.45, 7) is 6.09. The van der Waals surface area contributed by atoms with Crippen molar-refractivity contribution in [3.63, 3.8) is 0 Å². The lowest BCUT2D eigenvalue weighted by Crippen LogP contribution is -2.28. The average molecular weight is 442 g/mol. The Kier molecular flexibility index (Phi) is 7.06. The molecule has 1 aromatic heterocycles. The minimum Gasteiger partial charge on any atom is -0.497 e. The first-order valence-corrected chi connectivity index (χ1v) is 10.7. The largest absolute Gasteiger partial charge is 0.497 e. The average Bonchev–Trinajstić information content (AvgIpc) is 3.13. The van der Waals surface area contributed by atoms with E-state index in [9.17, 15) is 4.79 Å². The van der Waals surface area contributed by atoms with Crippen LogP contribution in [-0.2, 0) is 4.79 Å². The summed E-state index contributed by atoms with van der Waals surface area (Å²) >= 11 is 1.22. The lowest BCUT2D eigenvalue weighted by molar-refractivity contribution is -0.119. The van der Waals surface area contributed by atoms with Crippen molar-refractivity contribution >= 4 is 17.7 Å². The van der Waals surface area contributed by atoms with Gasteiger partial charge in [0.2, 0.25) is 11.1 Å². The summed E-state index contributed by atoms with van der Waals surface area (Å²) in [5.74, 6) is 7.91. The molecule has 164 valence electrons. The van der Waals surface area contributed by atoms with Crippen molar-refractivity contribution in [2.45, 2.75) is 32.0 Å². The highest BCUT2D eigenvalue weighted by atomic mass is 32.2. The fraction of sp³-hybridized carbons (Fsp3) is 0.318.